The molecule has 0 unspecified atom stereocenters. The van der Waals surface area contributed by atoms with E-state index in [1.165, 1.54) is 5.56 Å². The van der Waals surface area contributed by atoms with E-state index in [1.807, 2.05) is 22.9 Å². The first-order chi connectivity index (χ1) is 9.66. The van der Waals surface area contributed by atoms with Crippen LogP contribution in [0.15, 0.2) is 30.3 Å². The maximum Gasteiger partial charge on any atom is 0.166 e. The number of carbonyl (C=O) groups excluding carboxylic acids is 1. The van der Waals surface area contributed by atoms with Crippen molar-refractivity contribution in [2.24, 2.45) is 0 Å². The summed E-state index contributed by atoms with van der Waals surface area (Å²) in [6.45, 7) is 4.25. The van der Waals surface area contributed by atoms with Gasteiger partial charge in [-0.25, -0.2) is 0 Å². The summed E-state index contributed by atoms with van der Waals surface area (Å²) in [5.74, 6) is 0.268. The maximum absolute atomic E-state index is 12.3. The van der Waals surface area contributed by atoms with Crippen molar-refractivity contribution in [1.82, 2.24) is 9.78 Å². The van der Waals surface area contributed by atoms with Gasteiger partial charge in [0.2, 0.25) is 0 Å². The summed E-state index contributed by atoms with van der Waals surface area (Å²) < 4.78 is 2.05. The van der Waals surface area contributed by atoms with Gasteiger partial charge in [-0.05, 0) is 32.3 Å². The number of hydrogen-bond acceptors (Lipinski definition) is 2. The highest BCUT2D eigenvalue weighted by Gasteiger charge is 2.27. The molecule has 1 aromatic carbocycles. The van der Waals surface area contributed by atoms with Crippen molar-refractivity contribution in [2.45, 2.75) is 45.6 Å². The van der Waals surface area contributed by atoms with Crippen molar-refractivity contribution < 1.29 is 4.79 Å². The van der Waals surface area contributed by atoms with Crippen molar-refractivity contribution in [3.05, 3.63) is 52.8 Å². The van der Waals surface area contributed by atoms with Gasteiger partial charge in [-0.3, -0.25) is 9.48 Å². The minimum absolute atomic E-state index is 0.268. The molecule has 0 N–H and O–H groups in total. The van der Waals surface area contributed by atoms with E-state index in [-0.39, 0.29) is 5.78 Å². The van der Waals surface area contributed by atoms with Gasteiger partial charge in [0, 0.05) is 24.6 Å². The van der Waals surface area contributed by atoms with Crippen LogP contribution < -0.4 is 0 Å². The smallest absolute Gasteiger partial charge is 0.166 e. The van der Waals surface area contributed by atoms with Gasteiger partial charge < -0.3 is 0 Å². The van der Waals surface area contributed by atoms with Gasteiger partial charge in [0.1, 0.15) is 0 Å². The SMILES string of the molecule is CC(C)n1nc(Cc2ccccc2)c2c1CCCC2=O. The molecule has 0 aliphatic heterocycles. The molecule has 0 fully saturated rings. The van der Waals surface area contributed by atoms with Crippen LogP contribution in [0.4, 0.5) is 0 Å². The predicted molar refractivity (Wildman–Crippen MR) is 79.1 cm³/mol. The Hall–Kier alpha value is -1.90. The van der Waals surface area contributed by atoms with Gasteiger partial charge in [-0.2, -0.15) is 5.10 Å². The van der Waals surface area contributed by atoms with Gasteiger partial charge in [-0.1, -0.05) is 30.3 Å². The highest BCUT2D eigenvalue weighted by atomic mass is 16.1. The number of fused-ring (bicyclic) bond motifs is 1. The third kappa shape index (κ3) is 2.28. The van der Waals surface area contributed by atoms with Gasteiger partial charge in [0.25, 0.3) is 0 Å². The molecule has 1 aromatic heterocycles. The van der Waals surface area contributed by atoms with Crippen LogP contribution in [0.25, 0.3) is 0 Å². The van der Waals surface area contributed by atoms with Gasteiger partial charge in [0.05, 0.1) is 11.3 Å². The monoisotopic (exact) mass is 268 g/mol. The van der Waals surface area contributed by atoms with Crippen molar-refractivity contribution in [3.8, 4) is 0 Å². The summed E-state index contributed by atoms with van der Waals surface area (Å²) in [5.41, 5.74) is 4.20. The zero-order valence-electron chi connectivity index (χ0n) is 12.1. The molecule has 0 radical (unpaired) electrons. The Balaban J connectivity index is 2.04. The normalized spacial score (nSPS) is 14.7. The number of ketones is 1. The van der Waals surface area contributed by atoms with Gasteiger partial charge in [0.15, 0.2) is 5.78 Å². The summed E-state index contributed by atoms with van der Waals surface area (Å²) in [4.78, 5) is 12.3. The lowest BCUT2D eigenvalue weighted by Crippen LogP contribution is -2.15. The second-order valence-corrected chi connectivity index (χ2v) is 5.75. The fourth-order valence-corrected chi connectivity index (χ4v) is 2.96. The highest BCUT2D eigenvalue weighted by Crippen LogP contribution is 2.28. The molecule has 0 saturated carbocycles. The zero-order valence-corrected chi connectivity index (χ0v) is 12.1. The lowest BCUT2D eigenvalue weighted by Gasteiger charge is -2.15. The number of carbonyl (C=O) groups is 1. The lowest BCUT2D eigenvalue weighted by atomic mass is 9.92. The molecule has 1 heterocycles. The fraction of sp³-hybridized carbons (Fsp3) is 0.412. The number of aromatic nitrogens is 2. The topological polar surface area (TPSA) is 34.9 Å². The molecule has 0 bridgehead atoms. The molecule has 0 amide bonds. The van der Waals surface area contributed by atoms with E-state index < -0.39 is 0 Å². The van der Waals surface area contributed by atoms with Gasteiger partial charge in [-0.15, -0.1) is 0 Å². The first kappa shape index (κ1) is 13.1. The molecule has 1 aliphatic carbocycles. The fourth-order valence-electron chi connectivity index (χ4n) is 2.96. The Bertz CT molecular complexity index is 626. The average Bonchev–Trinajstić information content (AvgIpc) is 2.80. The van der Waals surface area contributed by atoms with Crippen LogP contribution in [-0.4, -0.2) is 15.6 Å². The maximum atomic E-state index is 12.3. The third-order valence-corrected chi connectivity index (χ3v) is 3.88. The summed E-state index contributed by atoms with van der Waals surface area (Å²) in [5, 5.41) is 4.73. The number of nitrogens with zero attached hydrogens (tertiary/aromatic N) is 2. The second kappa shape index (κ2) is 5.23. The lowest BCUT2D eigenvalue weighted by molar-refractivity contribution is 0.0971. The molecule has 20 heavy (non-hydrogen) atoms. The van der Waals surface area contributed by atoms with E-state index in [9.17, 15) is 4.79 Å². The van der Waals surface area contributed by atoms with Crippen LogP contribution in [0.3, 0.4) is 0 Å². The Labute approximate surface area is 119 Å². The van der Waals surface area contributed by atoms with Crippen LogP contribution in [0, 0.1) is 0 Å². The van der Waals surface area contributed by atoms with E-state index in [0.717, 1.165) is 36.2 Å². The molecule has 2 aromatic rings. The molecule has 3 nitrogen and oxygen atoms in total. The van der Waals surface area contributed by atoms with Gasteiger partial charge >= 0.3 is 0 Å². The predicted octanol–water partition coefficient (Wildman–Crippen LogP) is 3.57. The van der Waals surface area contributed by atoms with Crippen LogP contribution in [-0.2, 0) is 12.8 Å². The second-order valence-electron chi connectivity index (χ2n) is 5.75. The zero-order chi connectivity index (χ0) is 14.1. The number of rotatable bonds is 3. The van der Waals surface area contributed by atoms with E-state index in [0.29, 0.717) is 12.5 Å². The molecule has 0 saturated heterocycles. The molecular weight excluding hydrogens is 248 g/mol. The third-order valence-electron chi connectivity index (χ3n) is 3.88. The average molecular weight is 268 g/mol. The van der Waals surface area contributed by atoms with Crippen molar-refractivity contribution in [1.29, 1.82) is 0 Å². The summed E-state index contributed by atoms with van der Waals surface area (Å²) in [7, 11) is 0. The minimum Gasteiger partial charge on any atom is -0.294 e. The van der Waals surface area contributed by atoms with Crippen LogP contribution in [0.2, 0.25) is 0 Å². The van der Waals surface area contributed by atoms with E-state index in [1.54, 1.807) is 0 Å². The van der Waals surface area contributed by atoms with E-state index in [4.69, 9.17) is 5.10 Å². The van der Waals surface area contributed by atoms with Crippen molar-refractivity contribution >= 4 is 5.78 Å². The quantitative estimate of drug-likeness (QED) is 0.853. The summed E-state index contributed by atoms with van der Waals surface area (Å²) >= 11 is 0. The first-order valence-electron chi connectivity index (χ1n) is 7.34. The van der Waals surface area contributed by atoms with E-state index in [2.05, 4.69) is 26.0 Å². The Morgan fingerprint density at radius 2 is 1.95 bits per heavy atom. The molecule has 1 aliphatic rings. The molecule has 0 atom stereocenters. The number of hydrogen-bond donors (Lipinski definition) is 0. The van der Waals surface area contributed by atoms with Crippen molar-refractivity contribution in [3.63, 3.8) is 0 Å². The summed E-state index contributed by atoms with van der Waals surface area (Å²) in [6.07, 6.45) is 3.34. The van der Waals surface area contributed by atoms with Crippen LogP contribution in [0.5, 0.6) is 0 Å². The molecule has 104 valence electrons. The molecule has 0 spiro atoms. The van der Waals surface area contributed by atoms with Crippen LogP contribution in [0.1, 0.15) is 60.0 Å². The van der Waals surface area contributed by atoms with Crippen molar-refractivity contribution in [2.75, 3.05) is 0 Å². The molecule has 3 rings (SSSR count). The standard InChI is InChI=1S/C17H20N2O/c1-12(2)19-15-9-6-10-16(20)17(15)14(18-19)11-13-7-4-3-5-8-13/h3-5,7-8,12H,6,9-11H2,1-2H3. The number of Topliss-reactive ketones (excluding diaryl/α,β-unsaturated/α-hetero) is 1. The minimum atomic E-state index is 0.268. The number of benzene rings is 1. The molecule has 3 heteroatoms. The largest absolute Gasteiger partial charge is 0.294 e. The molecular formula is C17H20N2O. The Kier molecular flexibility index (Phi) is 3.43. The summed E-state index contributed by atoms with van der Waals surface area (Å²) in [6, 6.07) is 10.6. The highest BCUT2D eigenvalue weighted by molar-refractivity contribution is 5.99. The Morgan fingerprint density at radius 1 is 1.20 bits per heavy atom. The first-order valence-corrected chi connectivity index (χ1v) is 7.34. The van der Waals surface area contributed by atoms with E-state index >= 15 is 0 Å². The Morgan fingerprint density at radius 3 is 2.65 bits per heavy atom. The van der Waals surface area contributed by atoms with Crippen LogP contribution >= 0.6 is 0 Å².